The van der Waals surface area contributed by atoms with Crippen LogP contribution < -0.4 is 0 Å². The number of nitrogens with zero attached hydrogens (tertiary/aromatic N) is 1. The van der Waals surface area contributed by atoms with Gasteiger partial charge in [0.15, 0.2) is 0 Å². The lowest BCUT2D eigenvalue weighted by atomic mass is 9.59. The van der Waals surface area contributed by atoms with Gasteiger partial charge in [0, 0.05) is 30.5 Å². The Morgan fingerprint density at radius 1 is 1.11 bits per heavy atom. The Hall–Kier alpha value is -1.69. The molecule has 1 N–H and O–H groups in total. The van der Waals surface area contributed by atoms with Gasteiger partial charge in [-0.2, -0.15) is 0 Å². The first kappa shape index (κ1) is 21.6. The van der Waals surface area contributed by atoms with Gasteiger partial charge in [0.25, 0.3) is 0 Å². The molecule has 1 heterocycles. The molecule has 1 aromatic rings. The molecule has 0 radical (unpaired) electrons. The summed E-state index contributed by atoms with van der Waals surface area (Å²) < 4.78 is 33.2. The molecule has 1 saturated heterocycles. The zero-order valence-electron chi connectivity index (χ0n) is 17.1. The second-order valence-corrected chi connectivity index (χ2v) is 8.77. The first-order valence-electron chi connectivity index (χ1n) is 9.53. The van der Waals surface area contributed by atoms with Crippen molar-refractivity contribution in [3.8, 4) is 0 Å². The number of benzene rings is 1. The normalized spacial score (nSPS) is 18.0. The van der Waals surface area contributed by atoms with E-state index in [1.807, 2.05) is 20.8 Å². The molecular weight excluding hydrogens is 352 g/mol. The van der Waals surface area contributed by atoms with Crippen molar-refractivity contribution < 1.29 is 23.4 Å². The van der Waals surface area contributed by atoms with Crippen molar-refractivity contribution in [3.63, 3.8) is 0 Å². The molecule has 0 spiro atoms. The predicted molar refractivity (Wildman–Crippen MR) is 100 cm³/mol. The van der Waals surface area contributed by atoms with Crippen LogP contribution in [-0.4, -0.2) is 34.8 Å². The van der Waals surface area contributed by atoms with Crippen LogP contribution in [0.1, 0.15) is 59.9 Å². The van der Waals surface area contributed by atoms with E-state index in [0.717, 1.165) is 6.07 Å². The maximum atomic E-state index is 13.9. The average molecular weight is 383 g/mol. The maximum absolute atomic E-state index is 13.9. The highest BCUT2D eigenvalue weighted by atomic mass is 19.1. The van der Waals surface area contributed by atoms with E-state index >= 15 is 0 Å². The van der Waals surface area contributed by atoms with E-state index in [9.17, 15) is 18.7 Å². The number of carbonyl (C=O) groups is 1. The third-order valence-corrected chi connectivity index (χ3v) is 5.91. The first-order valence-corrected chi connectivity index (χ1v) is 9.53. The molecule has 2 rings (SSSR count). The summed E-state index contributed by atoms with van der Waals surface area (Å²) in [5.41, 5.74) is -2.44. The van der Waals surface area contributed by atoms with E-state index < -0.39 is 34.3 Å². The van der Waals surface area contributed by atoms with Crippen molar-refractivity contribution in [1.82, 2.24) is 4.90 Å². The molecule has 4 nitrogen and oxygen atoms in total. The number of halogens is 2. The van der Waals surface area contributed by atoms with Crippen molar-refractivity contribution in [3.05, 3.63) is 35.4 Å². The number of likely N-dealkylation sites (tertiary alicyclic amines) is 1. The minimum Gasteiger partial charge on any atom is -0.444 e. The SMILES string of the molecule is CCC(C)(CC)C(O)(c1cc(F)cc(F)c1)C1CN(C(=O)OC(C)(C)C)C1. The summed E-state index contributed by atoms with van der Waals surface area (Å²) in [7, 11) is 0. The van der Waals surface area contributed by atoms with E-state index in [1.54, 1.807) is 20.8 Å². The second-order valence-electron chi connectivity index (χ2n) is 8.77. The molecule has 1 amide bonds. The lowest BCUT2D eigenvalue weighted by Crippen LogP contribution is -2.63. The van der Waals surface area contributed by atoms with Crippen molar-refractivity contribution >= 4 is 6.09 Å². The largest absolute Gasteiger partial charge is 0.444 e. The zero-order valence-corrected chi connectivity index (χ0v) is 17.1. The molecule has 1 aromatic carbocycles. The minimum absolute atomic E-state index is 0.222. The molecule has 6 heteroatoms. The molecular formula is C21H31F2NO3. The second kappa shape index (κ2) is 7.38. The Morgan fingerprint density at radius 2 is 1.59 bits per heavy atom. The lowest BCUT2D eigenvalue weighted by Gasteiger charge is -2.55. The molecule has 0 bridgehead atoms. The number of hydrogen-bond donors (Lipinski definition) is 1. The van der Waals surface area contributed by atoms with Crippen LogP contribution in [-0.2, 0) is 10.3 Å². The van der Waals surface area contributed by atoms with Crippen LogP contribution in [0.3, 0.4) is 0 Å². The van der Waals surface area contributed by atoms with Crippen molar-refractivity contribution in [2.45, 2.75) is 65.6 Å². The summed E-state index contributed by atoms with van der Waals surface area (Å²) >= 11 is 0. The average Bonchev–Trinajstić information content (AvgIpc) is 2.49. The van der Waals surface area contributed by atoms with E-state index in [2.05, 4.69) is 0 Å². The Bertz CT molecular complexity index is 671. The molecule has 0 saturated carbocycles. The van der Waals surface area contributed by atoms with Gasteiger partial charge in [0.05, 0.1) is 0 Å². The van der Waals surface area contributed by atoms with E-state index in [4.69, 9.17) is 4.74 Å². The van der Waals surface area contributed by atoms with Gasteiger partial charge < -0.3 is 14.7 Å². The molecule has 1 fully saturated rings. The van der Waals surface area contributed by atoms with Crippen LogP contribution in [0.5, 0.6) is 0 Å². The third kappa shape index (κ3) is 4.10. The van der Waals surface area contributed by atoms with Crippen LogP contribution in [0.2, 0.25) is 0 Å². The quantitative estimate of drug-likeness (QED) is 0.791. The monoisotopic (exact) mass is 383 g/mol. The fraction of sp³-hybridized carbons (Fsp3) is 0.667. The van der Waals surface area contributed by atoms with Crippen molar-refractivity contribution in [2.75, 3.05) is 13.1 Å². The summed E-state index contributed by atoms with van der Waals surface area (Å²) in [6.45, 7) is 11.8. The molecule has 1 atom stereocenters. The van der Waals surface area contributed by atoms with E-state index in [0.29, 0.717) is 12.8 Å². The first-order chi connectivity index (χ1) is 12.4. The molecule has 0 aliphatic carbocycles. The number of amides is 1. The summed E-state index contributed by atoms with van der Waals surface area (Å²) in [5, 5.41) is 11.8. The van der Waals surface area contributed by atoms with Crippen LogP contribution in [0.15, 0.2) is 18.2 Å². The topological polar surface area (TPSA) is 49.8 Å². The summed E-state index contributed by atoms with van der Waals surface area (Å²) in [4.78, 5) is 13.8. The van der Waals surface area contributed by atoms with Gasteiger partial charge in [-0.3, -0.25) is 0 Å². The fourth-order valence-corrected chi connectivity index (χ4v) is 3.86. The van der Waals surface area contributed by atoms with Crippen LogP contribution in [0, 0.1) is 23.0 Å². The highest BCUT2D eigenvalue weighted by Gasteiger charge is 2.56. The highest BCUT2D eigenvalue weighted by Crippen LogP contribution is 2.52. The van der Waals surface area contributed by atoms with Crippen LogP contribution >= 0.6 is 0 Å². The van der Waals surface area contributed by atoms with Crippen molar-refractivity contribution in [1.29, 1.82) is 0 Å². The zero-order chi connectivity index (χ0) is 20.6. The van der Waals surface area contributed by atoms with Gasteiger partial charge in [-0.05, 0) is 51.3 Å². The molecule has 1 unspecified atom stereocenters. The Labute approximate surface area is 160 Å². The van der Waals surface area contributed by atoms with E-state index in [-0.39, 0.29) is 24.6 Å². The number of ether oxygens (including phenoxy) is 1. The summed E-state index contributed by atoms with van der Waals surface area (Å²) in [5.74, 6) is -1.78. The van der Waals surface area contributed by atoms with Gasteiger partial charge in [0.1, 0.15) is 22.8 Å². The van der Waals surface area contributed by atoms with Crippen LogP contribution in [0.25, 0.3) is 0 Å². The minimum atomic E-state index is -1.46. The summed E-state index contributed by atoms with van der Waals surface area (Å²) in [6, 6.07) is 3.19. The molecule has 1 aliphatic rings. The third-order valence-electron chi connectivity index (χ3n) is 5.91. The van der Waals surface area contributed by atoms with Gasteiger partial charge in [-0.25, -0.2) is 13.6 Å². The molecule has 1 aliphatic heterocycles. The van der Waals surface area contributed by atoms with E-state index in [1.165, 1.54) is 17.0 Å². The van der Waals surface area contributed by atoms with Gasteiger partial charge in [0.2, 0.25) is 0 Å². The summed E-state index contributed by atoms with van der Waals surface area (Å²) in [6.07, 6.45) is 0.809. The number of hydrogen-bond acceptors (Lipinski definition) is 3. The molecule has 27 heavy (non-hydrogen) atoms. The molecule has 0 aromatic heterocycles. The Kier molecular flexibility index (Phi) is 5.91. The number of aliphatic hydroxyl groups is 1. The van der Waals surface area contributed by atoms with Crippen LogP contribution in [0.4, 0.5) is 13.6 Å². The van der Waals surface area contributed by atoms with Gasteiger partial charge in [-0.1, -0.05) is 20.8 Å². The van der Waals surface area contributed by atoms with Gasteiger partial charge >= 0.3 is 6.09 Å². The fourth-order valence-electron chi connectivity index (χ4n) is 3.86. The highest BCUT2D eigenvalue weighted by molar-refractivity contribution is 5.69. The number of rotatable bonds is 5. The van der Waals surface area contributed by atoms with Gasteiger partial charge in [-0.15, -0.1) is 0 Å². The Balaban J connectivity index is 2.35. The smallest absolute Gasteiger partial charge is 0.410 e. The number of carbonyl (C=O) groups excluding carboxylic acids is 1. The lowest BCUT2D eigenvalue weighted by molar-refractivity contribution is -0.168. The maximum Gasteiger partial charge on any atom is 0.410 e. The van der Waals surface area contributed by atoms with Crippen molar-refractivity contribution in [2.24, 2.45) is 11.3 Å². The predicted octanol–water partition coefficient (Wildman–Crippen LogP) is 4.85. The Morgan fingerprint density at radius 3 is 2.00 bits per heavy atom. The molecule has 152 valence electrons. The standard InChI is InChI=1S/C21H31F2NO3/c1-7-20(6,8-2)21(26,14-9-16(22)11-17(23)10-14)15-12-24(13-15)18(25)27-19(3,4)5/h9-11,15,26H,7-8,12-13H2,1-6H3.